The van der Waals surface area contributed by atoms with Crippen LogP contribution in [0.25, 0.3) is 0 Å². The molecule has 0 saturated heterocycles. The number of hydrogen-bond acceptors (Lipinski definition) is 3. The highest BCUT2D eigenvalue weighted by molar-refractivity contribution is 6.04. The van der Waals surface area contributed by atoms with E-state index >= 15 is 0 Å². The standard InChI is InChI=1S/C17H17NO2/c1-18(15-6-4-3-5-7-15)13-12-17(19)14-8-10-16(20-2)11-9-14/h3-13H,1-2H3/b13-12+. The Kier molecular flexibility index (Phi) is 4.56. The zero-order valence-electron chi connectivity index (χ0n) is 11.6. The Hall–Kier alpha value is -2.55. The van der Waals surface area contributed by atoms with Gasteiger partial charge in [-0.25, -0.2) is 0 Å². The Morgan fingerprint density at radius 3 is 2.30 bits per heavy atom. The molecule has 0 radical (unpaired) electrons. The lowest BCUT2D eigenvalue weighted by molar-refractivity contribution is 0.104. The van der Waals surface area contributed by atoms with Crippen molar-refractivity contribution in [3.05, 3.63) is 72.4 Å². The summed E-state index contributed by atoms with van der Waals surface area (Å²) >= 11 is 0. The fraction of sp³-hybridized carbons (Fsp3) is 0.118. The van der Waals surface area contributed by atoms with Crippen molar-refractivity contribution in [3.8, 4) is 5.75 Å². The van der Waals surface area contributed by atoms with Gasteiger partial charge in [0.1, 0.15) is 5.75 Å². The average Bonchev–Trinajstić information content (AvgIpc) is 2.53. The summed E-state index contributed by atoms with van der Waals surface area (Å²) in [6.45, 7) is 0. The summed E-state index contributed by atoms with van der Waals surface area (Å²) in [5.41, 5.74) is 1.68. The molecule has 0 bridgehead atoms. The van der Waals surface area contributed by atoms with Gasteiger partial charge < -0.3 is 9.64 Å². The number of rotatable bonds is 5. The highest BCUT2D eigenvalue weighted by Crippen LogP contribution is 2.13. The summed E-state index contributed by atoms with van der Waals surface area (Å²) in [5, 5.41) is 0. The first-order valence-electron chi connectivity index (χ1n) is 6.35. The van der Waals surface area contributed by atoms with Gasteiger partial charge in [-0.2, -0.15) is 0 Å². The third-order valence-electron chi connectivity index (χ3n) is 2.99. The SMILES string of the molecule is COc1ccc(C(=O)/C=C/N(C)c2ccccc2)cc1. The van der Waals surface area contributed by atoms with E-state index in [1.54, 1.807) is 43.7 Å². The van der Waals surface area contributed by atoms with Gasteiger partial charge in [0, 0.05) is 30.6 Å². The van der Waals surface area contributed by atoms with E-state index < -0.39 is 0 Å². The van der Waals surface area contributed by atoms with Crippen molar-refractivity contribution in [2.24, 2.45) is 0 Å². The van der Waals surface area contributed by atoms with Crippen LogP contribution in [-0.2, 0) is 0 Å². The van der Waals surface area contributed by atoms with Crippen molar-refractivity contribution in [1.29, 1.82) is 0 Å². The summed E-state index contributed by atoms with van der Waals surface area (Å²) in [6, 6.07) is 16.9. The normalized spacial score (nSPS) is 10.5. The molecule has 0 heterocycles. The maximum Gasteiger partial charge on any atom is 0.187 e. The number of methoxy groups -OCH3 is 1. The fourth-order valence-corrected chi connectivity index (χ4v) is 1.78. The minimum atomic E-state index is -0.0320. The molecule has 0 atom stereocenters. The Morgan fingerprint density at radius 1 is 1.05 bits per heavy atom. The molecule has 3 nitrogen and oxygen atoms in total. The molecule has 20 heavy (non-hydrogen) atoms. The van der Waals surface area contributed by atoms with Crippen molar-refractivity contribution in [3.63, 3.8) is 0 Å². The van der Waals surface area contributed by atoms with Gasteiger partial charge in [0.05, 0.1) is 7.11 Å². The summed E-state index contributed by atoms with van der Waals surface area (Å²) in [4.78, 5) is 13.9. The minimum Gasteiger partial charge on any atom is -0.497 e. The predicted molar refractivity (Wildman–Crippen MR) is 81.3 cm³/mol. The van der Waals surface area contributed by atoms with Gasteiger partial charge in [0.15, 0.2) is 5.78 Å². The average molecular weight is 267 g/mol. The largest absolute Gasteiger partial charge is 0.497 e. The first-order chi connectivity index (χ1) is 9.70. The molecule has 2 rings (SSSR count). The van der Waals surface area contributed by atoms with E-state index in [0.717, 1.165) is 11.4 Å². The number of allylic oxidation sites excluding steroid dienone is 1. The van der Waals surface area contributed by atoms with Gasteiger partial charge in [-0.3, -0.25) is 4.79 Å². The molecule has 3 heteroatoms. The topological polar surface area (TPSA) is 29.5 Å². The summed E-state index contributed by atoms with van der Waals surface area (Å²) in [5.74, 6) is 0.711. The third kappa shape index (κ3) is 3.48. The second kappa shape index (κ2) is 6.57. The van der Waals surface area contributed by atoms with E-state index in [1.165, 1.54) is 0 Å². The number of nitrogens with zero attached hydrogens (tertiary/aromatic N) is 1. The molecular formula is C17H17NO2. The van der Waals surface area contributed by atoms with Crippen molar-refractivity contribution >= 4 is 11.5 Å². The van der Waals surface area contributed by atoms with Crippen LogP contribution in [0.2, 0.25) is 0 Å². The van der Waals surface area contributed by atoms with E-state index in [2.05, 4.69) is 0 Å². The Labute approximate surface area is 119 Å². The second-order valence-electron chi connectivity index (χ2n) is 4.35. The molecule has 102 valence electrons. The van der Waals surface area contributed by atoms with Crippen LogP contribution < -0.4 is 9.64 Å². The lowest BCUT2D eigenvalue weighted by atomic mass is 10.1. The van der Waals surface area contributed by atoms with Crippen LogP contribution in [0.5, 0.6) is 5.75 Å². The number of ether oxygens (including phenoxy) is 1. The Morgan fingerprint density at radius 2 is 1.70 bits per heavy atom. The number of carbonyl (C=O) groups excluding carboxylic acids is 1. The van der Waals surface area contributed by atoms with Crippen LogP contribution in [-0.4, -0.2) is 19.9 Å². The second-order valence-corrected chi connectivity index (χ2v) is 4.35. The molecule has 0 aromatic heterocycles. The molecule has 0 spiro atoms. The van der Waals surface area contributed by atoms with Crippen molar-refractivity contribution < 1.29 is 9.53 Å². The number of para-hydroxylation sites is 1. The van der Waals surface area contributed by atoms with Gasteiger partial charge in [-0.15, -0.1) is 0 Å². The Bertz CT molecular complexity index is 588. The molecule has 0 aliphatic carbocycles. The lowest BCUT2D eigenvalue weighted by Crippen LogP contribution is -2.08. The van der Waals surface area contributed by atoms with Gasteiger partial charge in [0.2, 0.25) is 0 Å². The lowest BCUT2D eigenvalue weighted by Gasteiger charge is -2.13. The van der Waals surface area contributed by atoms with Gasteiger partial charge in [-0.1, -0.05) is 18.2 Å². The van der Waals surface area contributed by atoms with Gasteiger partial charge >= 0.3 is 0 Å². The third-order valence-corrected chi connectivity index (χ3v) is 2.99. The number of benzene rings is 2. The van der Waals surface area contributed by atoms with Crippen LogP contribution in [0.4, 0.5) is 5.69 Å². The molecular weight excluding hydrogens is 250 g/mol. The maximum atomic E-state index is 12.0. The molecule has 2 aromatic rings. The fourth-order valence-electron chi connectivity index (χ4n) is 1.78. The first kappa shape index (κ1) is 13.9. The minimum absolute atomic E-state index is 0.0320. The molecule has 0 N–H and O–H groups in total. The number of ketones is 1. The van der Waals surface area contributed by atoms with E-state index in [-0.39, 0.29) is 5.78 Å². The van der Waals surface area contributed by atoms with Gasteiger partial charge in [0.25, 0.3) is 0 Å². The first-order valence-corrected chi connectivity index (χ1v) is 6.35. The van der Waals surface area contributed by atoms with Crippen LogP contribution in [0.1, 0.15) is 10.4 Å². The van der Waals surface area contributed by atoms with E-state index in [4.69, 9.17) is 4.74 Å². The quantitative estimate of drug-likeness (QED) is 0.613. The van der Waals surface area contributed by atoms with E-state index in [1.807, 2.05) is 42.3 Å². The molecule has 0 saturated carbocycles. The zero-order valence-corrected chi connectivity index (χ0v) is 11.6. The maximum absolute atomic E-state index is 12.0. The monoisotopic (exact) mass is 267 g/mol. The number of carbonyl (C=O) groups is 1. The van der Waals surface area contributed by atoms with Crippen molar-refractivity contribution in [2.75, 3.05) is 19.1 Å². The molecule has 0 unspecified atom stereocenters. The van der Waals surface area contributed by atoms with E-state index in [9.17, 15) is 4.79 Å². The van der Waals surface area contributed by atoms with Crippen molar-refractivity contribution in [1.82, 2.24) is 0 Å². The molecule has 0 amide bonds. The highest BCUT2D eigenvalue weighted by atomic mass is 16.5. The molecule has 2 aromatic carbocycles. The van der Waals surface area contributed by atoms with Crippen LogP contribution in [0.15, 0.2) is 66.9 Å². The predicted octanol–water partition coefficient (Wildman–Crippen LogP) is 3.53. The van der Waals surface area contributed by atoms with Crippen LogP contribution in [0.3, 0.4) is 0 Å². The summed E-state index contributed by atoms with van der Waals surface area (Å²) < 4.78 is 5.07. The molecule has 0 aliphatic rings. The summed E-state index contributed by atoms with van der Waals surface area (Å²) in [6.07, 6.45) is 3.33. The summed E-state index contributed by atoms with van der Waals surface area (Å²) in [7, 11) is 3.51. The Balaban J connectivity index is 2.05. The van der Waals surface area contributed by atoms with E-state index in [0.29, 0.717) is 5.56 Å². The highest BCUT2D eigenvalue weighted by Gasteiger charge is 2.02. The smallest absolute Gasteiger partial charge is 0.187 e. The van der Waals surface area contributed by atoms with Crippen LogP contribution in [0, 0.1) is 0 Å². The number of anilines is 1. The number of hydrogen-bond donors (Lipinski definition) is 0. The molecule has 0 fully saturated rings. The van der Waals surface area contributed by atoms with Crippen molar-refractivity contribution in [2.45, 2.75) is 0 Å². The molecule has 0 aliphatic heterocycles. The van der Waals surface area contributed by atoms with Gasteiger partial charge in [-0.05, 0) is 36.4 Å². The zero-order chi connectivity index (χ0) is 14.4. The van der Waals surface area contributed by atoms with Crippen LogP contribution >= 0.6 is 0 Å².